The molecule has 4 fully saturated rings. The predicted molar refractivity (Wildman–Crippen MR) is 180 cm³/mol. The van der Waals surface area contributed by atoms with Crippen LogP contribution >= 0.6 is 0 Å². The molecule has 4 aliphatic carbocycles. The van der Waals surface area contributed by atoms with Crippen molar-refractivity contribution < 1.29 is 34.1 Å². The van der Waals surface area contributed by atoms with Crippen LogP contribution in [0.2, 0.25) is 0 Å². The van der Waals surface area contributed by atoms with E-state index < -0.39 is 0 Å². The minimum absolute atomic E-state index is 0. The summed E-state index contributed by atoms with van der Waals surface area (Å²) in [6.07, 6.45) is 45.4. The molecular formula is C42H38Fe2. The topological polar surface area (TPSA) is 0 Å². The van der Waals surface area contributed by atoms with Crippen molar-refractivity contribution in [3.8, 4) is 11.8 Å². The van der Waals surface area contributed by atoms with Crippen LogP contribution in [0.1, 0.15) is 44.5 Å². The summed E-state index contributed by atoms with van der Waals surface area (Å²) in [5.74, 6) is 9.29. The normalized spacial score (nSPS) is 18.2. The summed E-state index contributed by atoms with van der Waals surface area (Å²) in [6.45, 7) is 8.58. The van der Waals surface area contributed by atoms with Gasteiger partial charge < -0.3 is 0 Å². The molecule has 0 saturated heterocycles. The molecule has 0 atom stereocenters. The molecule has 6 rings (SSSR count). The molecule has 0 aliphatic heterocycles. The van der Waals surface area contributed by atoms with Gasteiger partial charge in [0.05, 0.1) is 0 Å². The number of aryl methyl sites for hydroxylation is 4. The van der Waals surface area contributed by atoms with E-state index in [1.54, 1.807) is 0 Å². The van der Waals surface area contributed by atoms with Gasteiger partial charge in [0.1, 0.15) is 0 Å². The monoisotopic (exact) mass is 654 g/mol. The van der Waals surface area contributed by atoms with E-state index in [1.807, 2.05) is 64.2 Å². The molecule has 0 aromatic heterocycles. The quantitative estimate of drug-likeness (QED) is 0.228. The van der Waals surface area contributed by atoms with E-state index in [1.165, 1.54) is 45.2 Å². The Morgan fingerprint density at radius 2 is 0.659 bits per heavy atom. The van der Waals surface area contributed by atoms with Gasteiger partial charge in [-0.25, -0.2) is 0 Å². The maximum absolute atomic E-state index is 3.42. The summed E-state index contributed by atoms with van der Waals surface area (Å²) in [7, 11) is 0. The van der Waals surface area contributed by atoms with Crippen LogP contribution in [0.15, 0.2) is 36.4 Å². The zero-order valence-corrected chi connectivity index (χ0v) is 27.9. The van der Waals surface area contributed by atoms with Crippen LogP contribution in [0.5, 0.6) is 0 Å². The van der Waals surface area contributed by atoms with Crippen LogP contribution in [0.3, 0.4) is 0 Å². The largest absolute Gasteiger partial charge is 0.0762 e. The average molecular weight is 654 g/mol. The van der Waals surface area contributed by atoms with Gasteiger partial charge in [-0.2, -0.15) is 0 Å². The van der Waals surface area contributed by atoms with Gasteiger partial charge in [0, 0.05) is 57.1 Å². The molecule has 0 unspecified atom stereocenters. The van der Waals surface area contributed by atoms with Crippen LogP contribution in [0, 0.1) is 167 Å². The SMILES string of the molecule is Cc1cc(/C=C/[C]2[CH][CH][CH][CH]2)c(C)cc1C#Cc1cc(C)c(/C=C/[C]2[CH][CH][CH][CH]2)cc1C.[CH]1[CH][CH][CH][CH]1.[CH]1[CH][CH][CH][CH]1.[Fe].[Fe]. The molecule has 222 valence electrons. The molecule has 0 nitrogen and oxygen atoms in total. The third-order valence-electron chi connectivity index (χ3n) is 6.96. The number of allylic oxidation sites excluding steroid dienone is 2. The van der Waals surface area contributed by atoms with Gasteiger partial charge in [0.15, 0.2) is 0 Å². The maximum Gasteiger partial charge on any atom is 0.0281 e. The van der Waals surface area contributed by atoms with Gasteiger partial charge in [-0.15, -0.1) is 0 Å². The first-order chi connectivity index (χ1) is 20.5. The number of rotatable bonds is 4. The predicted octanol–water partition coefficient (Wildman–Crippen LogP) is 9.19. The van der Waals surface area contributed by atoms with Gasteiger partial charge >= 0.3 is 0 Å². The van der Waals surface area contributed by atoms with E-state index in [0.717, 1.165) is 11.1 Å². The fourth-order valence-corrected chi connectivity index (χ4v) is 4.45. The van der Waals surface area contributed by atoms with Gasteiger partial charge in [0.2, 0.25) is 0 Å². The van der Waals surface area contributed by atoms with E-state index in [2.05, 4.69) is 139 Å². The number of benzene rings is 2. The van der Waals surface area contributed by atoms with Crippen molar-refractivity contribution in [1.82, 2.24) is 0 Å². The van der Waals surface area contributed by atoms with E-state index in [9.17, 15) is 0 Å². The second kappa shape index (κ2) is 21.3. The molecule has 0 N–H and O–H groups in total. The first-order valence-electron chi connectivity index (χ1n) is 14.4. The maximum atomic E-state index is 3.42. The van der Waals surface area contributed by atoms with Crippen LogP contribution in [-0.2, 0) is 34.1 Å². The van der Waals surface area contributed by atoms with Crippen molar-refractivity contribution in [3.05, 3.63) is 208 Å². The van der Waals surface area contributed by atoms with Crippen LogP contribution in [0.25, 0.3) is 12.2 Å². The first kappa shape index (κ1) is 38.7. The number of hydrogen-bond donors (Lipinski definition) is 0. The zero-order chi connectivity index (χ0) is 29.6. The third kappa shape index (κ3) is 13.1. The minimum Gasteiger partial charge on any atom is -0.0762 e. The van der Waals surface area contributed by atoms with Crippen LogP contribution in [0.4, 0.5) is 0 Å². The molecule has 20 radical (unpaired) electrons. The second-order valence-electron chi connectivity index (χ2n) is 10.3. The Hall–Kier alpha value is -1.48. The molecule has 44 heavy (non-hydrogen) atoms. The fraction of sp³-hybridized carbons (Fsp3) is 0.0952. The molecular weight excluding hydrogens is 616 g/mol. The Balaban J connectivity index is 0.000000476. The summed E-state index contributed by atoms with van der Waals surface area (Å²) >= 11 is 0. The fourth-order valence-electron chi connectivity index (χ4n) is 4.45. The van der Waals surface area contributed by atoms with E-state index in [-0.39, 0.29) is 34.1 Å². The van der Waals surface area contributed by atoms with E-state index in [4.69, 9.17) is 0 Å². The molecule has 2 aromatic rings. The van der Waals surface area contributed by atoms with Crippen LogP contribution < -0.4 is 0 Å². The number of hydrogen-bond acceptors (Lipinski definition) is 0. The molecule has 4 saturated carbocycles. The average Bonchev–Trinajstić information content (AvgIpc) is 3.83. The van der Waals surface area contributed by atoms with Gasteiger partial charge in [-0.05, 0) is 189 Å². The molecule has 0 spiro atoms. The van der Waals surface area contributed by atoms with Gasteiger partial charge in [0.25, 0.3) is 0 Å². The summed E-state index contributed by atoms with van der Waals surface area (Å²) in [4.78, 5) is 0. The van der Waals surface area contributed by atoms with Gasteiger partial charge in [-0.1, -0.05) is 48.3 Å². The standard InChI is InChI=1S/C32H28.2C5H5.2Fe/c1-23-21-31(25(3)19-29(23)15-13-27-9-5-6-10-27)17-18-32-22-24(2)30(20-26(32)4)16-14-28-11-7-8-12-28;2*1-2-4-5-3-1;;/h5-16,19-22H,1-4H3;2*1-5H;;/b15-13+,16-14+;;;;. The Bertz CT molecular complexity index is 1120. The molecule has 2 aromatic carbocycles. The minimum atomic E-state index is 0. The molecule has 0 heterocycles. The van der Waals surface area contributed by atoms with Crippen molar-refractivity contribution in [2.24, 2.45) is 0 Å². The van der Waals surface area contributed by atoms with E-state index >= 15 is 0 Å². The van der Waals surface area contributed by atoms with Crippen molar-refractivity contribution in [1.29, 1.82) is 0 Å². The Kier molecular flexibility index (Phi) is 18.8. The van der Waals surface area contributed by atoms with Crippen molar-refractivity contribution in [2.45, 2.75) is 27.7 Å². The molecule has 0 bridgehead atoms. The second-order valence-corrected chi connectivity index (χ2v) is 10.3. The Morgan fingerprint density at radius 1 is 0.364 bits per heavy atom. The molecule has 0 amide bonds. The first-order valence-corrected chi connectivity index (χ1v) is 14.4. The smallest absolute Gasteiger partial charge is 0.0281 e. The van der Waals surface area contributed by atoms with E-state index in [0.29, 0.717) is 0 Å². The molecule has 2 heteroatoms. The summed E-state index contributed by atoms with van der Waals surface area (Å²) in [5.41, 5.74) is 9.54. The van der Waals surface area contributed by atoms with Gasteiger partial charge in [-0.3, -0.25) is 0 Å². The zero-order valence-electron chi connectivity index (χ0n) is 25.7. The Morgan fingerprint density at radius 3 is 0.955 bits per heavy atom. The summed E-state index contributed by atoms with van der Waals surface area (Å²) in [5, 5.41) is 0. The summed E-state index contributed by atoms with van der Waals surface area (Å²) in [6, 6.07) is 8.86. The third-order valence-corrected chi connectivity index (χ3v) is 6.96. The van der Waals surface area contributed by atoms with Crippen LogP contribution in [-0.4, -0.2) is 0 Å². The van der Waals surface area contributed by atoms with Crippen molar-refractivity contribution in [3.63, 3.8) is 0 Å². The Labute approximate surface area is 292 Å². The van der Waals surface area contributed by atoms with Crippen molar-refractivity contribution >= 4 is 12.2 Å². The summed E-state index contributed by atoms with van der Waals surface area (Å²) < 4.78 is 0. The van der Waals surface area contributed by atoms with Crippen molar-refractivity contribution in [2.75, 3.05) is 0 Å². The molecule has 4 aliphatic rings.